The molecule has 1 aromatic heterocycles. The highest BCUT2D eigenvalue weighted by Gasteiger charge is 2.29. The molecule has 0 aliphatic carbocycles. The molecule has 1 N–H and O–H groups in total. The van der Waals surface area contributed by atoms with Gasteiger partial charge in [0.2, 0.25) is 5.88 Å². The van der Waals surface area contributed by atoms with E-state index < -0.39 is 18.7 Å². The first kappa shape index (κ1) is 20.3. The predicted molar refractivity (Wildman–Crippen MR) is 91.1 cm³/mol. The number of carbonyl (C=O) groups is 1. The molecule has 0 saturated carbocycles. The van der Waals surface area contributed by atoms with Crippen molar-refractivity contribution < 1.29 is 32.2 Å². The number of methoxy groups -OCH3 is 1. The van der Waals surface area contributed by atoms with E-state index in [2.05, 4.69) is 10.3 Å². The first-order valence-electron chi connectivity index (χ1n) is 8.06. The molecule has 146 valence electrons. The number of rotatable bonds is 8. The number of hydrogen-bond acceptors (Lipinski definition) is 5. The second-order valence-corrected chi connectivity index (χ2v) is 5.35. The average Bonchev–Trinajstić information content (AvgIpc) is 2.64. The summed E-state index contributed by atoms with van der Waals surface area (Å²) in [5.41, 5.74) is 0.648. The minimum atomic E-state index is -4.48. The van der Waals surface area contributed by atoms with Gasteiger partial charge in [-0.25, -0.2) is 4.98 Å². The maximum Gasteiger partial charge on any atom is 0.422 e. The molecular formula is C18H19F3N2O4. The quantitative estimate of drug-likeness (QED) is 0.756. The highest BCUT2D eigenvalue weighted by molar-refractivity contribution is 5.94. The monoisotopic (exact) mass is 384 g/mol. The molecule has 27 heavy (non-hydrogen) atoms. The minimum Gasteiger partial charge on any atom is -0.493 e. The molecule has 1 aromatic carbocycles. The number of carbonyl (C=O) groups excluding carboxylic acids is 1. The van der Waals surface area contributed by atoms with Gasteiger partial charge in [-0.15, -0.1) is 0 Å². The summed E-state index contributed by atoms with van der Waals surface area (Å²) in [6.07, 6.45) is -3.16. The maximum absolute atomic E-state index is 12.4. The fraction of sp³-hybridized carbons (Fsp3) is 0.333. The van der Waals surface area contributed by atoms with Gasteiger partial charge in [0.1, 0.15) is 0 Å². The molecule has 0 aliphatic heterocycles. The smallest absolute Gasteiger partial charge is 0.422 e. The van der Waals surface area contributed by atoms with E-state index in [1.807, 2.05) is 0 Å². The molecule has 1 heterocycles. The Kier molecular flexibility index (Phi) is 6.86. The Bertz CT molecular complexity index is 781. The Balaban J connectivity index is 2.06. The van der Waals surface area contributed by atoms with E-state index in [1.54, 1.807) is 25.1 Å². The lowest BCUT2D eigenvalue weighted by Crippen LogP contribution is -2.24. The second-order valence-electron chi connectivity index (χ2n) is 5.35. The predicted octanol–water partition coefficient (Wildman–Crippen LogP) is 3.36. The molecule has 0 fully saturated rings. The Labute approximate surface area is 154 Å². The molecule has 0 unspecified atom stereocenters. The third kappa shape index (κ3) is 6.05. The first-order chi connectivity index (χ1) is 12.8. The number of pyridine rings is 1. The van der Waals surface area contributed by atoms with Crippen LogP contribution in [0.15, 0.2) is 36.5 Å². The van der Waals surface area contributed by atoms with E-state index in [0.29, 0.717) is 29.2 Å². The molecule has 2 aromatic rings. The van der Waals surface area contributed by atoms with E-state index in [0.717, 1.165) is 0 Å². The first-order valence-corrected chi connectivity index (χ1v) is 8.06. The Hall–Kier alpha value is -2.97. The summed E-state index contributed by atoms with van der Waals surface area (Å²) in [7, 11) is 1.49. The number of nitrogens with one attached hydrogen (secondary N) is 1. The van der Waals surface area contributed by atoms with Gasteiger partial charge in [0.15, 0.2) is 18.1 Å². The maximum atomic E-state index is 12.4. The number of benzene rings is 1. The lowest BCUT2D eigenvalue weighted by atomic mass is 10.1. The molecule has 9 heteroatoms. The normalized spacial score (nSPS) is 11.0. The summed E-state index contributed by atoms with van der Waals surface area (Å²) in [5, 5.41) is 2.62. The van der Waals surface area contributed by atoms with Gasteiger partial charge in [0.25, 0.3) is 5.91 Å². The van der Waals surface area contributed by atoms with Crippen molar-refractivity contribution in [3.05, 3.63) is 47.7 Å². The van der Waals surface area contributed by atoms with Crippen LogP contribution in [0.5, 0.6) is 17.4 Å². The van der Waals surface area contributed by atoms with Crippen molar-refractivity contribution in [3.63, 3.8) is 0 Å². The summed E-state index contributed by atoms with van der Waals surface area (Å²) in [5.74, 6) is 0.302. The van der Waals surface area contributed by atoms with Crippen LogP contribution in [0.4, 0.5) is 13.2 Å². The Morgan fingerprint density at radius 2 is 1.96 bits per heavy atom. The van der Waals surface area contributed by atoms with E-state index in [-0.39, 0.29) is 12.4 Å². The van der Waals surface area contributed by atoms with E-state index >= 15 is 0 Å². The Morgan fingerprint density at radius 3 is 2.63 bits per heavy atom. The van der Waals surface area contributed by atoms with Crippen LogP contribution in [-0.2, 0) is 6.54 Å². The van der Waals surface area contributed by atoms with Gasteiger partial charge in [-0.1, -0.05) is 6.07 Å². The second kappa shape index (κ2) is 9.11. The average molecular weight is 384 g/mol. The molecule has 0 radical (unpaired) electrons. The zero-order valence-corrected chi connectivity index (χ0v) is 14.8. The van der Waals surface area contributed by atoms with Crippen LogP contribution < -0.4 is 19.5 Å². The number of nitrogens with zero attached hydrogens (tertiary/aromatic N) is 1. The highest BCUT2D eigenvalue weighted by Crippen LogP contribution is 2.28. The number of alkyl halides is 3. The van der Waals surface area contributed by atoms with Gasteiger partial charge in [-0.2, -0.15) is 13.2 Å². The van der Waals surface area contributed by atoms with E-state index in [4.69, 9.17) is 14.2 Å². The summed E-state index contributed by atoms with van der Waals surface area (Å²) in [6, 6.07) is 7.76. The van der Waals surface area contributed by atoms with Gasteiger partial charge in [0.05, 0.1) is 13.7 Å². The van der Waals surface area contributed by atoms with Crippen LogP contribution in [0.3, 0.4) is 0 Å². The van der Waals surface area contributed by atoms with Crippen molar-refractivity contribution in [2.45, 2.75) is 19.6 Å². The summed E-state index contributed by atoms with van der Waals surface area (Å²) in [4.78, 5) is 16.1. The largest absolute Gasteiger partial charge is 0.493 e. The summed E-state index contributed by atoms with van der Waals surface area (Å²) < 4.78 is 52.3. The zero-order valence-electron chi connectivity index (χ0n) is 14.8. The van der Waals surface area contributed by atoms with Crippen molar-refractivity contribution in [1.82, 2.24) is 10.3 Å². The number of ether oxygens (including phenoxy) is 3. The molecule has 0 spiro atoms. The third-order valence-corrected chi connectivity index (χ3v) is 3.39. The van der Waals surface area contributed by atoms with Gasteiger partial charge in [-0.05, 0) is 31.2 Å². The topological polar surface area (TPSA) is 69.7 Å². The molecule has 1 amide bonds. The van der Waals surface area contributed by atoms with Crippen LogP contribution in [0, 0.1) is 0 Å². The molecule has 0 saturated heterocycles. The van der Waals surface area contributed by atoms with E-state index in [1.165, 1.54) is 25.4 Å². The van der Waals surface area contributed by atoms with Gasteiger partial charge in [-0.3, -0.25) is 4.79 Å². The molecule has 0 aliphatic rings. The number of halogens is 3. The Morgan fingerprint density at radius 1 is 1.19 bits per heavy atom. The highest BCUT2D eigenvalue weighted by atomic mass is 19.4. The summed E-state index contributed by atoms with van der Waals surface area (Å²) >= 11 is 0. The van der Waals surface area contributed by atoms with E-state index in [9.17, 15) is 18.0 Å². The standard InChI is InChI=1S/C18H19F3N2O4/c1-3-26-15-9-12(6-7-14(15)25-2)16(24)23-10-13-5-4-8-22-17(13)27-11-18(19,20)21/h4-9H,3,10-11H2,1-2H3,(H,23,24). The SMILES string of the molecule is CCOc1cc(C(=O)NCc2cccnc2OCC(F)(F)F)ccc1OC. The van der Waals surface area contributed by atoms with Crippen LogP contribution in [0.1, 0.15) is 22.8 Å². The molecule has 0 bridgehead atoms. The fourth-order valence-corrected chi connectivity index (χ4v) is 2.20. The fourth-order valence-electron chi connectivity index (χ4n) is 2.20. The van der Waals surface area contributed by atoms with Crippen molar-refractivity contribution in [2.24, 2.45) is 0 Å². The number of hydrogen-bond donors (Lipinski definition) is 1. The van der Waals surface area contributed by atoms with Crippen molar-refractivity contribution >= 4 is 5.91 Å². The molecule has 0 atom stereocenters. The van der Waals surface area contributed by atoms with Gasteiger partial charge >= 0.3 is 6.18 Å². The minimum absolute atomic E-state index is 0.0458. The molecule has 2 rings (SSSR count). The van der Waals surface area contributed by atoms with Crippen LogP contribution >= 0.6 is 0 Å². The van der Waals surface area contributed by atoms with Crippen molar-refractivity contribution in [3.8, 4) is 17.4 Å². The molecule has 6 nitrogen and oxygen atoms in total. The molecular weight excluding hydrogens is 365 g/mol. The summed E-state index contributed by atoms with van der Waals surface area (Å²) in [6.45, 7) is 0.700. The van der Waals surface area contributed by atoms with Crippen LogP contribution in [-0.4, -0.2) is 37.4 Å². The number of aromatic nitrogens is 1. The zero-order chi connectivity index (χ0) is 19.9. The van der Waals surface area contributed by atoms with Gasteiger partial charge < -0.3 is 19.5 Å². The lowest BCUT2D eigenvalue weighted by Gasteiger charge is -2.13. The number of amides is 1. The van der Waals surface area contributed by atoms with Crippen molar-refractivity contribution in [2.75, 3.05) is 20.3 Å². The third-order valence-electron chi connectivity index (χ3n) is 3.39. The lowest BCUT2D eigenvalue weighted by molar-refractivity contribution is -0.154. The van der Waals surface area contributed by atoms with Gasteiger partial charge in [0, 0.05) is 23.9 Å². The van der Waals surface area contributed by atoms with Crippen LogP contribution in [0.2, 0.25) is 0 Å². The van der Waals surface area contributed by atoms with Crippen LogP contribution in [0.25, 0.3) is 0 Å². The van der Waals surface area contributed by atoms with Crippen molar-refractivity contribution in [1.29, 1.82) is 0 Å².